The molecule has 11 heteroatoms. The number of fused-ring (bicyclic) bond motifs is 1. The number of aryl methyl sites for hydroxylation is 1. The van der Waals surface area contributed by atoms with E-state index in [0.29, 0.717) is 57.6 Å². The zero-order valence-electron chi connectivity index (χ0n) is 26.7. The Morgan fingerprint density at radius 1 is 1.09 bits per heavy atom. The van der Waals surface area contributed by atoms with Gasteiger partial charge in [0, 0.05) is 42.9 Å². The maximum atomic E-state index is 14.2. The predicted octanol–water partition coefficient (Wildman–Crippen LogP) is 6.52. The van der Waals surface area contributed by atoms with E-state index in [1.54, 1.807) is 17.2 Å². The first-order valence-electron chi connectivity index (χ1n) is 15.7. The summed E-state index contributed by atoms with van der Waals surface area (Å²) in [7, 11) is 0. The number of hydrogen-bond acceptors (Lipinski definition) is 7. The fourth-order valence-corrected chi connectivity index (χ4v) is 6.48. The van der Waals surface area contributed by atoms with Crippen LogP contribution in [0.25, 0.3) is 28.0 Å². The van der Waals surface area contributed by atoms with E-state index in [9.17, 15) is 14.4 Å². The number of para-hydroxylation sites is 1. The highest BCUT2D eigenvalue weighted by Gasteiger charge is 2.34. The Morgan fingerprint density at radius 3 is 2.49 bits per heavy atom. The zero-order valence-corrected chi connectivity index (χ0v) is 27.5. The van der Waals surface area contributed by atoms with Crippen molar-refractivity contribution in [1.82, 2.24) is 24.4 Å². The maximum absolute atomic E-state index is 14.2. The molecule has 0 bridgehead atoms. The molecule has 10 nitrogen and oxygen atoms in total. The van der Waals surface area contributed by atoms with Crippen LogP contribution in [0, 0.1) is 12.8 Å². The molecule has 246 valence electrons. The maximum Gasteiger partial charge on any atom is 0.355 e. The molecular formula is C36H42ClN7O3. The monoisotopic (exact) mass is 655 g/mol. The van der Waals surface area contributed by atoms with Crippen molar-refractivity contribution < 1.29 is 9.59 Å². The molecule has 4 aromatic rings. The van der Waals surface area contributed by atoms with E-state index in [4.69, 9.17) is 16.6 Å². The van der Waals surface area contributed by atoms with Crippen molar-refractivity contribution in [1.29, 1.82) is 0 Å². The number of amides is 2. The SMILES string of the molecule is C.C=CC(=O)N1C[C@H](C)N(c2nc(=O)n(-c3c(C)ccnc3C(C)C)c3nc(-c4ccccc4NC(=O)C4CC4)c(Cl)cc23)C[C@H]1C. The van der Waals surface area contributed by atoms with Gasteiger partial charge in [0.05, 0.1) is 33.2 Å². The molecule has 0 unspecified atom stereocenters. The van der Waals surface area contributed by atoms with Gasteiger partial charge in [0.1, 0.15) is 5.82 Å². The molecule has 3 aromatic heterocycles. The number of halogens is 1. The second-order valence-electron chi connectivity index (χ2n) is 12.6. The Balaban J connectivity index is 0.00000433. The molecule has 47 heavy (non-hydrogen) atoms. The summed E-state index contributed by atoms with van der Waals surface area (Å²) < 4.78 is 1.54. The van der Waals surface area contributed by atoms with Crippen LogP contribution in [0.1, 0.15) is 65.1 Å². The highest BCUT2D eigenvalue weighted by molar-refractivity contribution is 6.34. The lowest BCUT2D eigenvalue weighted by molar-refractivity contribution is -0.128. The number of aromatic nitrogens is 4. The minimum Gasteiger partial charge on any atom is -0.349 e. The average molecular weight is 656 g/mol. The molecule has 1 aliphatic carbocycles. The van der Waals surface area contributed by atoms with Crippen LogP contribution in [0.15, 0.2) is 60.0 Å². The van der Waals surface area contributed by atoms with Crippen LogP contribution in [0.3, 0.4) is 0 Å². The van der Waals surface area contributed by atoms with Crippen molar-refractivity contribution in [3.8, 4) is 16.9 Å². The molecule has 2 atom stereocenters. The third-order valence-corrected chi connectivity index (χ3v) is 9.12. The van der Waals surface area contributed by atoms with Crippen molar-refractivity contribution in [2.75, 3.05) is 23.3 Å². The van der Waals surface area contributed by atoms with Crippen LogP contribution in [-0.4, -0.2) is 61.4 Å². The Labute approximate surface area is 280 Å². The number of nitrogens with zero attached hydrogens (tertiary/aromatic N) is 6. The summed E-state index contributed by atoms with van der Waals surface area (Å²) in [5, 5.41) is 3.99. The molecule has 1 saturated carbocycles. The molecule has 2 aliphatic rings. The van der Waals surface area contributed by atoms with Gasteiger partial charge in [-0.2, -0.15) is 4.98 Å². The molecule has 1 aliphatic heterocycles. The van der Waals surface area contributed by atoms with Crippen LogP contribution in [-0.2, 0) is 9.59 Å². The minimum atomic E-state index is -0.499. The molecular weight excluding hydrogens is 614 g/mol. The summed E-state index contributed by atoms with van der Waals surface area (Å²) in [5.41, 5.74) is 3.78. The Bertz CT molecular complexity index is 1930. The molecule has 6 rings (SSSR count). The van der Waals surface area contributed by atoms with Gasteiger partial charge in [-0.1, -0.05) is 57.7 Å². The van der Waals surface area contributed by atoms with E-state index in [1.165, 1.54) is 10.6 Å². The van der Waals surface area contributed by atoms with Gasteiger partial charge in [-0.25, -0.2) is 14.3 Å². The Kier molecular flexibility index (Phi) is 9.54. The van der Waals surface area contributed by atoms with E-state index in [-0.39, 0.29) is 43.2 Å². The summed E-state index contributed by atoms with van der Waals surface area (Å²) in [6.45, 7) is 14.5. The smallest absolute Gasteiger partial charge is 0.349 e. The lowest BCUT2D eigenvalue weighted by Gasteiger charge is -2.44. The van der Waals surface area contributed by atoms with Gasteiger partial charge in [0.15, 0.2) is 5.65 Å². The van der Waals surface area contributed by atoms with E-state index in [1.807, 2.05) is 69.9 Å². The fraction of sp³-hybridized carbons (Fsp3) is 0.389. The molecule has 2 amide bonds. The fourth-order valence-electron chi connectivity index (χ4n) is 6.22. The zero-order chi connectivity index (χ0) is 32.9. The van der Waals surface area contributed by atoms with Gasteiger partial charge in [0.25, 0.3) is 0 Å². The molecule has 1 saturated heterocycles. The van der Waals surface area contributed by atoms with Crippen LogP contribution < -0.4 is 15.9 Å². The highest BCUT2D eigenvalue weighted by atomic mass is 35.5. The van der Waals surface area contributed by atoms with E-state index in [2.05, 4.69) is 21.9 Å². The van der Waals surface area contributed by atoms with Crippen LogP contribution in [0.2, 0.25) is 5.02 Å². The van der Waals surface area contributed by atoms with Gasteiger partial charge in [-0.15, -0.1) is 0 Å². The van der Waals surface area contributed by atoms with Gasteiger partial charge >= 0.3 is 5.69 Å². The first-order chi connectivity index (χ1) is 22.0. The molecule has 2 fully saturated rings. The number of rotatable bonds is 7. The van der Waals surface area contributed by atoms with Crippen LogP contribution >= 0.6 is 11.6 Å². The number of anilines is 2. The molecule has 1 N–H and O–H groups in total. The Hall–Kier alpha value is -4.57. The lowest BCUT2D eigenvalue weighted by atomic mass is 10.0. The van der Waals surface area contributed by atoms with Crippen molar-refractivity contribution in [3.63, 3.8) is 0 Å². The summed E-state index contributed by atoms with van der Waals surface area (Å²) in [4.78, 5) is 57.9. The predicted molar refractivity (Wildman–Crippen MR) is 188 cm³/mol. The summed E-state index contributed by atoms with van der Waals surface area (Å²) in [6.07, 6.45) is 4.82. The van der Waals surface area contributed by atoms with Gasteiger partial charge in [-0.3, -0.25) is 14.6 Å². The summed E-state index contributed by atoms with van der Waals surface area (Å²) in [6, 6.07) is 10.8. The third kappa shape index (κ3) is 6.26. The normalized spacial score (nSPS) is 17.9. The second-order valence-corrected chi connectivity index (χ2v) is 13.0. The summed E-state index contributed by atoms with van der Waals surface area (Å²) in [5.74, 6) is 0.310. The molecule has 1 aromatic carbocycles. The van der Waals surface area contributed by atoms with Gasteiger partial charge in [-0.05, 0) is 69.4 Å². The number of benzene rings is 1. The topological polar surface area (TPSA) is 113 Å². The standard InChI is InChI=1S/C35H38ClN7O3.CH4/c1-7-28(44)41-17-22(6)42(18-21(41)5)32-25-16-26(36)30(24-10-8-9-11-27(24)38-34(45)23-12-13-23)39-33(25)43(35(46)40-32)31-20(4)14-15-37-29(31)19(2)3;/h7-11,14-16,19,21-23H,1,12-13,17-18H2,2-6H3,(H,38,45);1H4/t21-,22+;/m1./s1. The van der Waals surface area contributed by atoms with Crippen molar-refractivity contribution in [2.45, 2.75) is 72.9 Å². The quantitative estimate of drug-likeness (QED) is 0.225. The van der Waals surface area contributed by atoms with E-state index < -0.39 is 5.69 Å². The van der Waals surface area contributed by atoms with E-state index >= 15 is 0 Å². The molecule has 0 radical (unpaired) electrons. The number of hydrogen-bond donors (Lipinski definition) is 1. The van der Waals surface area contributed by atoms with Crippen molar-refractivity contribution in [3.05, 3.63) is 82.0 Å². The molecule has 0 spiro atoms. The lowest BCUT2D eigenvalue weighted by Crippen LogP contribution is -2.58. The number of pyridine rings is 2. The minimum absolute atomic E-state index is 0. The third-order valence-electron chi connectivity index (χ3n) is 8.83. The first kappa shape index (κ1) is 33.8. The first-order valence-corrected chi connectivity index (χ1v) is 16.1. The number of nitrogens with one attached hydrogen (secondary N) is 1. The van der Waals surface area contributed by atoms with Gasteiger partial charge < -0.3 is 15.1 Å². The summed E-state index contributed by atoms with van der Waals surface area (Å²) >= 11 is 7.05. The van der Waals surface area contributed by atoms with Crippen LogP contribution in [0.5, 0.6) is 0 Å². The second kappa shape index (κ2) is 13.3. The number of piperazine rings is 1. The largest absolute Gasteiger partial charge is 0.355 e. The average Bonchev–Trinajstić information content (AvgIpc) is 3.88. The Morgan fingerprint density at radius 2 is 1.81 bits per heavy atom. The van der Waals surface area contributed by atoms with Crippen LogP contribution in [0.4, 0.5) is 11.5 Å². The molecule has 4 heterocycles. The van der Waals surface area contributed by atoms with Crippen molar-refractivity contribution in [2.24, 2.45) is 5.92 Å². The van der Waals surface area contributed by atoms with E-state index in [0.717, 1.165) is 24.1 Å². The van der Waals surface area contributed by atoms with Gasteiger partial charge in [0.2, 0.25) is 11.8 Å². The highest BCUT2D eigenvalue weighted by Crippen LogP contribution is 2.39. The number of carbonyl (C=O) groups excluding carboxylic acids is 2. The number of carbonyl (C=O) groups is 2. The van der Waals surface area contributed by atoms with Crippen molar-refractivity contribution >= 4 is 46.0 Å².